The highest BCUT2D eigenvalue weighted by molar-refractivity contribution is 7.80. The highest BCUT2D eigenvalue weighted by Gasteiger charge is 2.30. The number of hydrogen-bond donors (Lipinski definition) is 2. The van der Waals surface area contributed by atoms with Gasteiger partial charge in [0.05, 0.1) is 11.0 Å². The van der Waals surface area contributed by atoms with Crippen LogP contribution >= 0.6 is 12.2 Å². The molecule has 0 aromatic rings. The van der Waals surface area contributed by atoms with E-state index in [-0.39, 0.29) is 11.9 Å². The average Bonchev–Trinajstić information content (AvgIpc) is 2.25. The van der Waals surface area contributed by atoms with Crippen molar-refractivity contribution in [3.05, 3.63) is 0 Å². The Balaban J connectivity index is 2.66. The van der Waals surface area contributed by atoms with E-state index < -0.39 is 5.41 Å². The molecule has 0 radical (unpaired) electrons. The van der Waals surface area contributed by atoms with E-state index in [2.05, 4.69) is 5.32 Å². The van der Waals surface area contributed by atoms with Crippen molar-refractivity contribution in [2.24, 2.45) is 17.1 Å². The van der Waals surface area contributed by atoms with Gasteiger partial charge in [-0.25, -0.2) is 0 Å². The zero-order valence-electron chi connectivity index (χ0n) is 11.1. The maximum absolute atomic E-state index is 12.0. The fraction of sp³-hybridized carbons (Fsp3) is 0.846. The summed E-state index contributed by atoms with van der Waals surface area (Å²) >= 11 is 5.10. The Morgan fingerprint density at radius 3 is 2.24 bits per heavy atom. The molecule has 3 nitrogen and oxygen atoms in total. The molecule has 98 valence electrons. The Kier molecular flexibility index (Phi) is 4.92. The number of hydrogen-bond acceptors (Lipinski definition) is 2. The molecule has 17 heavy (non-hydrogen) atoms. The Morgan fingerprint density at radius 1 is 1.29 bits per heavy atom. The topological polar surface area (TPSA) is 55.1 Å². The zero-order valence-corrected chi connectivity index (χ0v) is 11.9. The van der Waals surface area contributed by atoms with Crippen molar-refractivity contribution in [2.75, 3.05) is 0 Å². The maximum atomic E-state index is 12.0. The highest BCUT2D eigenvalue weighted by Crippen LogP contribution is 2.27. The molecule has 0 bridgehead atoms. The zero-order chi connectivity index (χ0) is 13.1. The predicted octanol–water partition coefficient (Wildman–Crippen LogP) is 2.38. The third kappa shape index (κ3) is 4.26. The van der Waals surface area contributed by atoms with Crippen LogP contribution in [0.4, 0.5) is 0 Å². The van der Waals surface area contributed by atoms with E-state index in [1.165, 1.54) is 19.3 Å². The van der Waals surface area contributed by atoms with Gasteiger partial charge in [0.15, 0.2) is 0 Å². The van der Waals surface area contributed by atoms with Crippen LogP contribution in [0, 0.1) is 11.3 Å². The summed E-state index contributed by atoms with van der Waals surface area (Å²) in [6.45, 7) is 5.71. The van der Waals surface area contributed by atoms with Gasteiger partial charge in [-0.1, -0.05) is 52.3 Å². The average molecular weight is 256 g/mol. The molecule has 4 heteroatoms. The van der Waals surface area contributed by atoms with Crippen LogP contribution < -0.4 is 11.1 Å². The molecule has 0 aromatic heterocycles. The van der Waals surface area contributed by atoms with Crippen molar-refractivity contribution < 1.29 is 4.79 Å². The van der Waals surface area contributed by atoms with Crippen LogP contribution in [0.1, 0.15) is 52.9 Å². The van der Waals surface area contributed by atoms with Crippen molar-refractivity contribution in [1.29, 1.82) is 0 Å². The third-order valence-electron chi connectivity index (χ3n) is 3.40. The predicted molar refractivity (Wildman–Crippen MR) is 74.7 cm³/mol. The fourth-order valence-corrected chi connectivity index (χ4v) is 2.50. The summed E-state index contributed by atoms with van der Waals surface area (Å²) in [7, 11) is 0. The molecular formula is C13H24N2OS. The van der Waals surface area contributed by atoms with Gasteiger partial charge in [-0.05, 0) is 18.8 Å². The van der Waals surface area contributed by atoms with Crippen LogP contribution in [-0.4, -0.2) is 16.9 Å². The van der Waals surface area contributed by atoms with Crippen LogP contribution in [0.15, 0.2) is 0 Å². The second-order valence-electron chi connectivity index (χ2n) is 6.00. The molecule has 0 spiro atoms. The van der Waals surface area contributed by atoms with Crippen molar-refractivity contribution in [3.63, 3.8) is 0 Å². The minimum atomic E-state index is -0.391. The van der Waals surface area contributed by atoms with Crippen molar-refractivity contribution >= 4 is 23.1 Å². The Morgan fingerprint density at radius 2 is 1.82 bits per heavy atom. The van der Waals surface area contributed by atoms with E-state index in [9.17, 15) is 4.79 Å². The molecule has 1 saturated carbocycles. The van der Waals surface area contributed by atoms with Gasteiger partial charge in [-0.2, -0.15) is 0 Å². The molecular weight excluding hydrogens is 232 g/mol. The van der Waals surface area contributed by atoms with E-state index in [0.717, 1.165) is 12.8 Å². The lowest BCUT2D eigenvalue weighted by molar-refractivity contribution is -0.129. The molecule has 1 rings (SSSR count). The smallest absolute Gasteiger partial charge is 0.225 e. The first-order chi connectivity index (χ1) is 7.82. The number of nitrogens with one attached hydrogen (secondary N) is 1. The summed E-state index contributed by atoms with van der Waals surface area (Å²) in [5.41, 5.74) is 5.38. The Bertz CT molecular complexity index is 290. The van der Waals surface area contributed by atoms with E-state index in [4.69, 9.17) is 18.0 Å². The Labute approximate surface area is 110 Å². The molecule has 1 aliphatic rings. The molecule has 0 aliphatic heterocycles. The van der Waals surface area contributed by atoms with Gasteiger partial charge in [0, 0.05) is 5.41 Å². The second-order valence-corrected chi connectivity index (χ2v) is 6.47. The van der Waals surface area contributed by atoms with E-state index >= 15 is 0 Å². The lowest BCUT2D eigenvalue weighted by atomic mass is 9.83. The van der Waals surface area contributed by atoms with Crippen LogP contribution in [-0.2, 0) is 4.79 Å². The monoisotopic (exact) mass is 256 g/mol. The van der Waals surface area contributed by atoms with Crippen molar-refractivity contribution in [3.8, 4) is 0 Å². The van der Waals surface area contributed by atoms with Crippen molar-refractivity contribution in [2.45, 2.75) is 58.9 Å². The first-order valence-electron chi connectivity index (χ1n) is 6.42. The molecule has 3 N–H and O–H groups in total. The fourth-order valence-electron chi connectivity index (χ4n) is 2.25. The summed E-state index contributed by atoms with van der Waals surface area (Å²) < 4.78 is 0. The molecule has 0 saturated heterocycles. The minimum Gasteiger partial charge on any atom is -0.392 e. The summed E-state index contributed by atoms with van der Waals surface area (Å²) in [5, 5.41) is 3.02. The van der Waals surface area contributed by atoms with Gasteiger partial charge >= 0.3 is 0 Å². The maximum Gasteiger partial charge on any atom is 0.225 e. The van der Waals surface area contributed by atoms with Gasteiger partial charge in [0.25, 0.3) is 0 Å². The normalized spacial score (nSPS) is 19.7. The van der Waals surface area contributed by atoms with Gasteiger partial charge in [-0.3, -0.25) is 4.79 Å². The van der Waals surface area contributed by atoms with Gasteiger partial charge in [0.2, 0.25) is 5.91 Å². The number of carbonyl (C=O) groups excluding carboxylic acids is 1. The van der Waals surface area contributed by atoms with Crippen molar-refractivity contribution in [1.82, 2.24) is 5.32 Å². The van der Waals surface area contributed by atoms with Crippen LogP contribution in [0.25, 0.3) is 0 Å². The van der Waals surface area contributed by atoms with Gasteiger partial charge in [0.1, 0.15) is 0 Å². The third-order valence-corrected chi connectivity index (χ3v) is 3.65. The summed E-state index contributed by atoms with van der Waals surface area (Å²) in [4.78, 5) is 12.4. The largest absolute Gasteiger partial charge is 0.392 e. The Hall–Kier alpha value is -0.640. The van der Waals surface area contributed by atoms with Crippen LogP contribution in [0.5, 0.6) is 0 Å². The number of rotatable bonds is 3. The first-order valence-corrected chi connectivity index (χ1v) is 6.83. The van der Waals surface area contributed by atoms with Gasteiger partial charge < -0.3 is 11.1 Å². The van der Waals surface area contributed by atoms with E-state index in [1.807, 2.05) is 20.8 Å². The minimum absolute atomic E-state index is 0.0286. The second kappa shape index (κ2) is 5.80. The number of amides is 1. The molecule has 1 unspecified atom stereocenters. The van der Waals surface area contributed by atoms with E-state index in [0.29, 0.717) is 10.9 Å². The van der Waals surface area contributed by atoms with E-state index in [1.54, 1.807) is 0 Å². The SMILES string of the molecule is CC(C)(C)C(=O)NC(C(N)=S)C1CCCCC1. The first kappa shape index (κ1) is 14.4. The standard InChI is InChI=1S/C13H24N2OS/c1-13(2,3)12(16)15-10(11(14)17)9-7-5-4-6-8-9/h9-10H,4-8H2,1-3H3,(H2,14,17)(H,15,16). The number of thiocarbonyl (C=S) groups is 1. The quantitative estimate of drug-likeness (QED) is 0.762. The molecule has 1 atom stereocenters. The molecule has 0 heterocycles. The summed E-state index contributed by atoms with van der Waals surface area (Å²) in [6, 6.07) is -0.128. The molecule has 0 aromatic carbocycles. The molecule has 1 amide bonds. The summed E-state index contributed by atoms with van der Waals surface area (Å²) in [5.74, 6) is 0.452. The summed E-state index contributed by atoms with van der Waals surface area (Å²) in [6.07, 6.45) is 5.96. The lowest BCUT2D eigenvalue weighted by Crippen LogP contribution is -2.51. The lowest BCUT2D eigenvalue weighted by Gasteiger charge is -2.32. The van der Waals surface area contributed by atoms with Crippen LogP contribution in [0.2, 0.25) is 0 Å². The van der Waals surface area contributed by atoms with Gasteiger partial charge in [-0.15, -0.1) is 0 Å². The molecule has 1 aliphatic carbocycles. The number of nitrogens with two attached hydrogens (primary N) is 1. The molecule has 1 fully saturated rings. The highest BCUT2D eigenvalue weighted by atomic mass is 32.1. The number of carbonyl (C=O) groups is 1. The van der Waals surface area contributed by atoms with Crippen LogP contribution in [0.3, 0.4) is 0 Å².